The second kappa shape index (κ2) is 5.48. The molecular formula is C13H11ClN4. The van der Waals surface area contributed by atoms with Crippen molar-refractivity contribution in [1.29, 1.82) is 5.26 Å². The van der Waals surface area contributed by atoms with Crippen LogP contribution in [-0.4, -0.2) is 17.0 Å². The maximum absolute atomic E-state index is 8.70. The minimum absolute atomic E-state index is 0.215. The van der Waals surface area contributed by atoms with Gasteiger partial charge in [-0.05, 0) is 35.4 Å². The number of benzene rings is 1. The first-order valence-electron chi connectivity index (χ1n) is 5.39. The van der Waals surface area contributed by atoms with Crippen molar-refractivity contribution in [3.05, 3.63) is 47.4 Å². The molecule has 1 heterocycles. The van der Waals surface area contributed by atoms with Crippen LogP contribution in [0.25, 0.3) is 0 Å². The first-order valence-corrected chi connectivity index (χ1v) is 5.76. The van der Waals surface area contributed by atoms with Gasteiger partial charge in [0, 0.05) is 18.9 Å². The molecule has 0 aliphatic rings. The SMILES string of the molecule is CN(c1cccc(CC#N)c1)c1ccnc(Cl)n1. The van der Waals surface area contributed by atoms with Crippen molar-refractivity contribution in [1.82, 2.24) is 9.97 Å². The van der Waals surface area contributed by atoms with Crippen LogP contribution in [0.2, 0.25) is 5.28 Å². The van der Waals surface area contributed by atoms with Crippen molar-refractivity contribution in [2.24, 2.45) is 0 Å². The fourth-order valence-corrected chi connectivity index (χ4v) is 1.75. The molecule has 1 aromatic heterocycles. The highest BCUT2D eigenvalue weighted by Crippen LogP contribution is 2.23. The molecule has 0 unspecified atom stereocenters. The average Bonchev–Trinajstić information content (AvgIpc) is 2.39. The van der Waals surface area contributed by atoms with Crippen molar-refractivity contribution >= 4 is 23.1 Å². The Hall–Kier alpha value is -2.12. The minimum Gasteiger partial charge on any atom is -0.329 e. The number of hydrogen-bond donors (Lipinski definition) is 0. The van der Waals surface area contributed by atoms with Gasteiger partial charge in [-0.25, -0.2) is 9.97 Å². The maximum Gasteiger partial charge on any atom is 0.224 e. The Bertz CT molecular complexity index is 592. The van der Waals surface area contributed by atoms with E-state index in [0.29, 0.717) is 12.2 Å². The molecule has 0 aliphatic heterocycles. The molecular weight excluding hydrogens is 248 g/mol. The molecule has 0 aliphatic carbocycles. The van der Waals surface area contributed by atoms with Gasteiger partial charge in [-0.15, -0.1) is 0 Å². The molecule has 0 fully saturated rings. The molecule has 0 N–H and O–H groups in total. The molecule has 0 atom stereocenters. The monoisotopic (exact) mass is 258 g/mol. The summed E-state index contributed by atoms with van der Waals surface area (Å²) >= 11 is 5.77. The molecule has 4 nitrogen and oxygen atoms in total. The third-order valence-corrected chi connectivity index (χ3v) is 2.72. The summed E-state index contributed by atoms with van der Waals surface area (Å²) in [6.45, 7) is 0. The summed E-state index contributed by atoms with van der Waals surface area (Å²) in [7, 11) is 1.89. The summed E-state index contributed by atoms with van der Waals surface area (Å²) < 4.78 is 0. The second-order valence-electron chi connectivity index (χ2n) is 3.75. The lowest BCUT2D eigenvalue weighted by molar-refractivity contribution is 1.08. The average molecular weight is 259 g/mol. The molecule has 18 heavy (non-hydrogen) atoms. The molecule has 5 heteroatoms. The van der Waals surface area contributed by atoms with E-state index in [4.69, 9.17) is 16.9 Å². The lowest BCUT2D eigenvalue weighted by Gasteiger charge is -2.18. The highest BCUT2D eigenvalue weighted by Gasteiger charge is 2.06. The molecule has 0 bridgehead atoms. The van der Waals surface area contributed by atoms with E-state index < -0.39 is 0 Å². The predicted octanol–water partition coefficient (Wildman–Crippen LogP) is 2.96. The number of anilines is 2. The van der Waals surface area contributed by atoms with E-state index >= 15 is 0 Å². The molecule has 2 rings (SSSR count). The smallest absolute Gasteiger partial charge is 0.224 e. The molecule has 0 saturated heterocycles. The van der Waals surface area contributed by atoms with Gasteiger partial charge in [0.1, 0.15) is 5.82 Å². The first kappa shape index (κ1) is 12.3. The fraction of sp³-hybridized carbons (Fsp3) is 0.154. The molecule has 0 saturated carbocycles. The molecule has 1 aromatic carbocycles. The number of nitrogens with zero attached hydrogens (tertiary/aromatic N) is 4. The molecule has 2 aromatic rings. The van der Waals surface area contributed by atoms with E-state index in [-0.39, 0.29) is 5.28 Å². The van der Waals surface area contributed by atoms with Gasteiger partial charge >= 0.3 is 0 Å². The Balaban J connectivity index is 2.31. The second-order valence-corrected chi connectivity index (χ2v) is 4.09. The Morgan fingerprint density at radius 1 is 1.39 bits per heavy atom. The Morgan fingerprint density at radius 2 is 2.22 bits per heavy atom. The zero-order valence-corrected chi connectivity index (χ0v) is 10.6. The topological polar surface area (TPSA) is 52.8 Å². The first-order chi connectivity index (χ1) is 8.70. The summed E-state index contributed by atoms with van der Waals surface area (Å²) in [6, 6.07) is 11.7. The standard InChI is InChI=1S/C13H11ClN4/c1-18(12-6-8-16-13(14)17-12)11-4-2-3-10(9-11)5-7-15/h2-4,6,8-9H,5H2,1H3. The zero-order chi connectivity index (χ0) is 13.0. The van der Waals surface area contributed by atoms with Crippen LogP contribution in [0.15, 0.2) is 36.5 Å². The highest BCUT2D eigenvalue weighted by molar-refractivity contribution is 6.28. The normalized spacial score (nSPS) is 9.83. The number of rotatable bonds is 3. The lowest BCUT2D eigenvalue weighted by atomic mass is 10.1. The van der Waals surface area contributed by atoms with E-state index in [1.165, 1.54) is 0 Å². The van der Waals surface area contributed by atoms with E-state index in [9.17, 15) is 0 Å². The van der Waals surface area contributed by atoms with Gasteiger partial charge in [-0.1, -0.05) is 12.1 Å². The van der Waals surface area contributed by atoms with Crippen LogP contribution in [0.5, 0.6) is 0 Å². The van der Waals surface area contributed by atoms with E-state index in [0.717, 1.165) is 11.3 Å². The van der Waals surface area contributed by atoms with Crippen molar-refractivity contribution in [3.63, 3.8) is 0 Å². The fourth-order valence-electron chi connectivity index (χ4n) is 1.61. The number of halogens is 1. The van der Waals surface area contributed by atoms with Gasteiger partial charge in [0.25, 0.3) is 0 Å². The summed E-state index contributed by atoms with van der Waals surface area (Å²) in [5, 5.41) is 8.92. The Labute approximate surface area is 110 Å². The molecule has 0 amide bonds. The Morgan fingerprint density at radius 3 is 2.94 bits per heavy atom. The van der Waals surface area contributed by atoms with Crippen molar-refractivity contribution in [3.8, 4) is 6.07 Å². The summed E-state index contributed by atoms with van der Waals surface area (Å²) in [5.74, 6) is 0.712. The van der Waals surface area contributed by atoms with Crippen LogP contribution in [0.1, 0.15) is 5.56 Å². The summed E-state index contributed by atoms with van der Waals surface area (Å²) in [4.78, 5) is 9.89. The van der Waals surface area contributed by atoms with Crippen LogP contribution < -0.4 is 4.90 Å². The molecule has 0 radical (unpaired) electrons. The lowest BCUT2D eigenvalue weighted by Crippen LogP contribution is -2.11. The summed E-state index contributed by atoms with van der Waals surface area (Å²) in [6.07, 6.45) is 2.01. The van der Waals surface area contributed by atoms with E-state index in [2.05, 4.69) is 16.0 Å². The summed E-state index contributed by atoms with van der Waals surface area (Å²) in [5.41, 5.74) is 1.93. The van der Waals surface area contributed by atoms with Crippen molar-refractivity contribution in [2.45, 2.75) is 6.42 Å². The quantitative estimate of drug-likeness (QED) is 0.795. The third-order valence-electron chi connectivity index (χ3n) is 2.54. The highest BCUT2D eigenvalue weighted by atomic mass is 35.5. The van der Waals surface area contributed by atoms with E-state index in [1.807, 2.05) is 36.2 Å². The van der Waals surface area contributed by atoms with Crippen LogP contribution in [-0.2, 0) is 6.42 Å². The van der Waals surface area contributed by atoms with Gasteiger partial charge < -0.3 is 4.90 Å². The maximum atomic E-state index is 8.70. The number of aromatic nitrogens is 2. The molecule has 90 valence electrons. The van der Waals surface area contributed by atoms with Crippen molar-refractivity contribution < 1.29 is 0 Å². The van der Waals surface area contributed by atoms with Gasteiger partial charge in [0.2, 0.25) is 5.28 Å². The molecule has 0 spiro atoms. The number of hydrogen-bond acceptors (Lipinski definition) is 4. The van der Waals surface area contributed by atoms with Crippen LogP contribution in [0.4, 0.5) is 11.5 Å². The van der Waals surface area contributed by atoms with Gasteiger partial charge in [-0.2, -0.15) is 5.26 Å². The van der Waals surface area contributed by atoms with Gasteiger partial charge in [-0.3, -0.25) is 0 Å². The Kier molecular flexibility index (Phi) is 3.75. The van der Waals surface area contributed by atoms with Crippen LogP contribution >= 0.6 is 11.6 Å². The van der Waals surface area contributed by atoms with Crippen molar-refractivity contribution in [2.75, 3.05) is 11.9 Å². The van der Waals surface area contributed by atoms with Crippen LogP contribution in [0, 0.1) is 11.3 Å². The van der Waals surface area contributed by atoms with Gasteiger partial charge in [0.15, 0.2) is 0 Å². The third kappa shape index (κ3) is 2.76. The predicted molar refractivity (Wildman–Crippen MR) is 70.9 cm³/mol. The van der Waals surface area contributed by atoms with Crippen LogP contribution in [0.3, 0.4) is 0 Å². The largest absolute Gasteiger partial charge is 0.329 e. The number of nitriles is 1. The van der Waals surface area contributed by atoms with E-state index in [1.54, 1.807) is 12.3 Å². The zero-order valence-electron chi connectivity index (χ0n) is 9.84. The minimum atomic E-state index is 0.215. The van der Waals surface area contributed by atoms with Gasteiger partial charge in [0.05, 0.1) is 12.5 Å².